The van der Waals surface area contributed by atoms with Gasteiger partial charge < -0.3 is 15.1 Å². The number of nitrogens with two attached hydrogens (primary N) is 1. The maximum atomic E-state index is 12.5. The zero-order valence-electron chi connectivity index (χ0n) is 15.1. The van der Waals surface area contributed by atoms with Crippen LogP contribution in [0.3, 0.4) is 0 Å². The molecule has 27 heavy (non-hydrogen) atoms. The molecule has 0 unspecified atom stereocenters. The number of nitrogens with zero attached hydrogens (tertiary/aromatic N) is 3. The molecule has 2 saturated heterocycles. The van der Waals surface area contributed by atoms with Gasteiger partial charge in [0.1, 0.15) is 17.4 Å². The molecule has 140 valence electrons. The van der Waals surface area contributed by atoms with Crippen molar-refractivity contribution in [2.24, 2.45) is 5.73 Å². The lowest BCUT2D eigenvalue weighted by atomic mass is 10.0. The average molecular weight is 366 g/mol. The summed E-state index contributed by atoms with van der Waals surface area (Å²) >= 11 is 0. The fraction of sp³-hybridized carbons (Fsp3) is 0.450. The maximum Gasteiger partial charge on any atom is 0.249 e. The Morgan fingerprint density at radius 2 is 2.15 bits per heavy atom. The third-order valence-electron chi connectivity index (χ3n) is 5.60. The quantitative estimate of drug-likeness (QED) is 0.889. The predicted molar refractivity (Wildman–Crippen MR) is 98.9 cm³/mol. The molecular formula is C20H22N4O3. The number of benzene rings is 1. The van der Waals surface area contributed by atoms with Crippen LogP contribution in [0.5, 0.6) is 0 Å². The second-order valence-electron chi connectivity index (χ2n) is 7.33. The molecule has 1 aromatic heterocycles. The van der Waals surface area contributed by atoms with E-state index >= 15 is 0 Å². The van der Waals surface area contributed by atoms with Gasteiger partial charge in [0.25, 0.3) is 0 Å². The highest BCUT2D eigenvalue weighted by atomic mass is 16.3. The number of likely N-dealkylation sites (tertiary alicyclic amines) is 2. The Morgan fingerprint density at radius 1 is 1.30 bits per heavy atom. The van der Waals surface area contributed by atoms with E-state index in [0.717, 1.165) is 43.5 Å². The summed E-state index contributed by atoms with van der Waals surface area (Å²) in [5.74, 6) is 0.561. The number of rotatable bonds is 4. The van der Waals surface area contributed by atoms with Gasteiger partial charge in [-0.05, 0) is 44.0 Å². The normalized spacial score (nSPS) is 23.0. The number of hydrogen-bond acceptors (Lipinski definition) is 5. The van der Waals surface area contributed by atoms with Crippen LogP contribution in [0.15, 0.2) is 28.7 Å². The van der Waals surface area contributed by atoms with E-state index in [1.165, 1.54) is 0 Å². The molecule has 3 heterocycles. The smallest absolute Gasteiger partial charge is 0.249 e. The van der Waals surface area contributed by atoms with Crippen LogP contribution in [0.4, 0.5) is 0 Å². The van der Waals surface area contributed by atoms with Gasteiger partial charge >= 0.3 is 0 Å². The standard InChI is InChI=1S/C20H22N4O3/c21-10-14-3-2-7-24(14)19(25)12-23-8-6-13(11-23)18-9-16-15(20(22)26)4-1-5-17(16)27-18/h1,4-5,9,13-14H,2-3,6-8,11-12H2,(H2,22,26)/t13-,14-/m0/s1. The summed E-state index contributed by atoms with van der Waals surface area (Å²) in [6.07, 6.45) is 2.56. The van der Waals surface area contributed by atoms with Crippen molar-refractivity contribution in [2.75, 3.05) is 26.2 Å². The second-order valence-corrected chi connectivity index (χ2v) is 7.33. The number of primary amides is 1. The molecule has 2 aromatic rings. The van der Waals surface area contributed by atoms with Crippen molar-refractivity contribution in [3.8, 4) is 6.07 Å². The first-order chi connectivity index (χ1) is 13.1. The van der Waals surface area contributed by atoms with E-state index in [9.17, 15) is 9.59 Å². The number of amides is 2. The summed E-state index contributed by atoms with van der Waals surface area (Å²) in [7, 11) is 0. The highest BCUT2D eigenvalue weighted by molar-refractivity contribution is 6.05. The Balaban J connectivity index is 1.45. The zero-order valence-corrected chi connectivity index (χ0v) is 15.1. The SMILES string of the molecule is N#C[C@@H]1CCCN1C(=O)CN1CC[C@H](c2cc3c(C(N)=O)cccc3o2)C1. The van der Waals surface area contributed by atoms with Gasteiger partial charge in [-0.25, -0.2) is 0 Å². The number of carbonyl (C=O) groups excluding carboxylic acids is 2. The third kappa shape index (κ3) is 3.28. The number of nitriles is 1. The minimum atomic E-state index is -0.468. The summed E-state index contributed by atoms with van der Waals surface area (Å²) in [5.41, 5.74) is 6.57. The molecule has 0 radical (unpaired) electrons. The lowest BCUT2D eigenvalue weighted by molar-refractivity contribution is -0.132. The number of furan rings is 1. The van der Waals surface area contributed by atoms with Crippen molar-refractivity contribution in [3.05, 3.63) is 35.6 Å². The van der Waals surface area contributed by atoms with Crippen molar-refractivity contribution in [3.63, 3.8) is 0 Å². The molecule has 2 N–H and O–H groups in total. The summed E-state index contributed by atoms with van der Waals surface area (Å²) in [6.45, 7) is 2.54. The summed E-state index contributed by atoms with van der Waals surface area (Å²) in [5, 5.41) is 9.90. The minimum absolute atomic E-state index is 0.0281. The molecule has 0 aliphatic carbocycles. The van der Waals surface area contributed by atoms with Crippen molar-refractivity contribution < 1.29 is 14.0 Å². The molecule has 0 spiro atoms. The Labute approximate surface area is 157 Å². The minimum Gasteiger partial charge on any atom is -0.461 e. The molecular weight excluding hydrogens is 344 g/mol. The summed E-state index contributed by atoms with van der Waals surface area (Å²) < 4.78 is 5.96. The molecule has 7 nitrogen and oxygen atoms in total. The molecule has 2 aliphatic rings. The molecule has 0 bridgehead atoms. The molecule has 7 heteroatoms. The van der Waals surface area contributed by atoms with Crippen molar-refractivity contribution in [1.82, 2.24) is 9.80 Å². The lowest BCUT2D eigenvalue weighted by Gasteiger charge is -2.23. The summed E-state index contributed by atoms with van der Waals surface area (Å²) in [6, 6.07) is 9.13. The van der Waals surface area contributed by atoms with Crippen molar-refractivity contribution >= 4 is 22.8 Å². The first-order valence-corrected chi connectivity index (χ1v) is 9.30. The van der Waals surface area contributed by atoms with Gasteiger partial charge in [-0.2, -0.15) is 5.26 Å². The first-order valence-electron chi connectivity index (χ1n) is 9.30. The van der Waals surface area contributed by atoms with E-state index in [-0.39, 0.29) is 17.9 Å². The Morgan fingerprint density at radius 3 is 2.93 bits per heavy atom. The molecule has 0 saturated carbocycles. The fourth-order valence-corrected chi connectivity index (χ4v) is 4.19. The van der Waals surface area contributed by atoms with Gasteiger partial charge in [-0.1, -0.05) is 6.07 Å². The van der Waals surface area contributed by atoms with Crippen LogP contribution in [-0.2, 0) is 4.79 Å². The van der Waals surface area contributed by atoms with E-state index < -0.39 is 5.91 Å². The van der Waals surface area contributed by atoms with Gasteiger partial charge in [0.2, 0.25) is 11.8 Å². The van der Waals surface area contributed by atoms with Gasteiger partial charge in [0.05, 0.1) is 18.2 Å². The topological polar surface area (TPSA) is 104 Å². The van der Waals surface area contributed by atoms with Gasteiger partial charge in [-0.3, -0.25) is 14.5 Å². The van der Waals surface area contributed by atoms with Gasteiger partial charge in [-0.15, -0.1) is 0 Å². The van der Waals surface area contributed by atoms with E-state index in [0.29, 0.717) is 24.2 Å². The highest BCUT2D eigenvalue weighted by Crippen LogP contribution is 2.33. The molecule has 2 fully saturated rings. The van der Waals surface area contributed by atoms with Gasteiger partial charge in [0, 0.05) is 24.4 Å². The number of hydrogen-bond donors (Lipinski definition) is 1. The van der Waals surface area contributed by atoms with Gasteiger partial charge in [0.15, 0.2) is 0 Å². The average Bonchev–Trinajstić information content (AvgIpc) is 3.38. The largest absolute Gasteiger partial charge is 0.461 e. The van der Waals surface area contributed by atoms with E-state index in [4.69, 9.17) is 15.4 Å². The molecule has 2 aliphatic heterocycles. The predicted octanol–water partition coefficient (Wildman–Crippen LogP) is 1.84. The molecule has 4 rings (SSSR count). The van der Waals surface area contributed by atoms with Crippen molar-refractivity contribution in [1.29, 1.82) is 5.26 Å². The van der Waals surface area contributed by atoms with Crippen LogP contribution >= 0.6 is 0 Å². The van der Waals surface area contributed by atoms with Crippen LogP contribution in [-0.4, -0.2) is 53.8 Å². The van der Waals surface area contributed by atoms with Crippen LogP contribution in [0.25, 0.3) is 11.0 Å². The molecule has 1 aromatic carbocycles. The number of carbonyl (C=O) groups is 2. The van der Waals surface area contributed by atoms with E-state index in [1.54, 1.807) is 17.0 Å². The van der Waals surface area contributed by atoms with Crippen LogP contribution in [0.2, 0.25) is 0 Å². The molecule has 2 amide bonds. The Hall–Kier alpha value is -2.85. The zero-order chi connectivity index (χ0) is 19.0. The van der Waals surface area contributed by atoms with Crippen molar-refractivity contribution in [2.45, 2.75) is 31.2 Å². The maximum absolute atomic E-state index is 12.5. The molecule has 2 atom stereocenters. The van der Waals surface area contributed by atoms with E-state index in [1.807, 2.05) is 12.1 Å². The fourth-order valence-electron chi connectivity index (χ4n) is 4.19. The highest BCUT2D eigenvalue weighted by Gasteiger charge is 2.32. The summed E-state index contributed by atoms with van der Waals surface area (Å²) in [4.78, 5) is 28.0. The van der Waals surface area contributed by atoms with Crippen LogP contribution in [0.1, 0.15) is 41.3 Å². The lowest BCUT2D eigenvalue weighted by Crippen LogP contribution is -2.41. The first kappa shape index (κ1) is 17.6. The van der Waals surface area contributed by atoms with Crippen LogP contribution in [0, 0.1) is 11.3 Å². The Bertz CT molecular complexity index is 929. The Kier molecular flexibility index (Phi) is 4.58. The monoisotopic (exact) mass is 366 g/mol. The third-order valence-corrected chi connectivity index (χ3v) is 5.60. The second kappa shape index (κ2) is 7.05. The van der Waals surface area contributed by atoms with Crippen LogP contribution < -0.4 is 5.73 Å². The number of fused-ring (bicyclic) bond motifs is 1. The van der Waals surface area contributed by atoms with E-state index in [2.05, 4.69) is 11.0 Å².